The van der Waals surface area contributed by atoms with Crippen LogP contribution >= 0.6 is 0 Å². The topological polar surface area (TPSA) is 12.5 Å². The first kappa shape index (κ1) is 9.37. The number of fused-ring (bicyclic) bond motifs is 1. The predicted octanol–water partition coefficient (Wildman–Crippen LogP) is 2.43. The largest absolute Gasteiger partial charge is 0.299 e. The Morgan fingerprint density at radius 2 is 2.00 bits per heavy atom. The van der Waals surface area contributed by atoms with Crippen molar-refractivity contribution in [3.05, 3.63) is 35.9 Å². The van der Waals surface area contributed by atoms with E-state index in [4.69, 9.17) is 4.84 Å². The number of benzene rings is 1. The summed E-state index contributed by atoms with van der Waals surface area (Å²) in [4.78, 5) is 5.54. The molecule has 1 saturated heterocycles. The molecule has 80 valence electrons. The summed E-state index contributed by atoms with van der Waals surface area (Å²) in [7, 11) is 2.07. The summed E-state index contributed by atoms with van der Waals surface area (Å²) < 4.78 is 0. The Morgan fingerprint density at radius 3 is 2.73 bits per heavy atom. The average Bonchev–Trinajstić information content (AvgIpc) is 2.83. The molecule has 2 fully saturated rings. The molecule has 0 N–H and O–H groups in total. The van der Waals surface area contributed by atoms with Gasteiger partial charge in [-0.1, -0.05) is 30.3 Å². The Kier molecular flexibility index (Phi) is 2.26. The first-order valence-corrected chi connectivity index (χ1v) is 5.75. The Bertz CT molecular complexity index is 338. The third-order valence-corrected chi connectivity index (χ3v) is 3.89. The van der Waals surface area contributed by atoms with Crippen LogP contribution in [-0.4, -0.2) is 24.8 Å². The quantitative estimate of drug-likeness (QED) is 0.695. The molecule has 3 atom stereocenters. The zero-order valence-corrected chi connectivity index (χ0v) is 9.10. The van der Waals surface area contributed by atoms with Gasteiger partial charge in [-0.2, -0.15) is 5.06 Å². The number of rotatable bonds is 1. The van der Waals surface area contributed by atoms with E-state index in [1.54, 1.807) is 0 Å². The minimum Gasteiger partial charge on any atom is -0.299 e. The lowest BCUT2D eigenvalue weighted by molar-refractivity contribution is -0.111. The zero-order chi connectivity index (χ0) is 10.3. The molecular weight excluding hydrogens is 186 g/mol. The number of nitrogens with zero attached hydrogens (tertiary/aromatic N) is 1. The van der Waals surface area contributed by atoms with Gasteiger partial charge in [-0.15, -0.1) is 0 Å². The van der Waals surface area contributed by atoms with E-state index in [-0.39, 0.29) is 0 Å². The normalized spacial score (nSPS) is 35.7. The van der Waals surface area contributed by atoms with Crippen molar-refractivity contribution >= 4 is 0 Å². The van der Waals surface area contributed by atoms with Crippen molar-refractivity contribution in [2.45, 2.75) is 24.8 Å². The molecular formula is C13H17NO. The van der Waals surface area contributed by atoms with Gasteiger partial charge in [-0.3, -0.25) is 4.84 Å². The molecule has 1 aliphatic carbocycles. The molecule has 1 aromatic carbocycles. The highest BCUT2D eigenvalue weighted by molar-refractivity contribution is 5.21. The van der Waals surface area contributed by atoms with Crippen LogP contribution in [-0.2, 0) is 4.84 Å². The fraction of sp³-hybridized carbons (Fsp3) is 0.538. The van der Waals surface area contributed by atoms with E-state index in [0.29, 0.717) is 6.04 Å². The minimum absolute atomic E-state index is 0.648. The van der Waals surface area contributed by atoms with Gasteiger partial charge in [0.05, 0.1) is 6.61 Å². The van der Waals surface area contributed by atoms with Gasteiger partial charge in [0, 0.05) is 19.0 Å². The van der Waals surface area contributed by atoms with E-state index < -0.39 is 0 Å². The SMILES string of the molecule is CN1OC[C@H]2C[C@H](c3ccccc3)C[C@H]21. The van der Waals surface area contributed by atoms with Crippen molar-refractivity contribution in [3.8, 4) is 0 Å². The van der Waals surface area contributed by atoms with Gasteiger partial charge in [0.15, 0.2) is 0 Å². The monoisotopic (exact) mass is 203 g/mol. The Balaban J connectivity index is 1.77. The van der Waals surface area contributed by atoms with Crippen LogP contribution in [0.1, 0.15) is 24.3 Å². The van der Waals surface area contributed by atoms with E-state index in [9.17, 15) is 0 Å². The molecule has 0 bridgehead atoms. The van der Waals surface area contributed by atoms with Gasteiger partial charge in [0.25, 0.3) is 0 Å². The zero-order valence-electron chi connectivity index (χ0n) is 9.10. The molecule has 2 aliphatic rings. The Morgan fingerprint density at radius 1 is 1.20 bits per heavy atom. The molecule has 2 heteroatoms. The molecule has 3 rings (SSSR count). The summed E-state index contributed by atoms with van der Waals surface area (Å²) in [6, 6.07) is 11.5. The maximum absolute atomic E-state index is 5.54. The summed E-state index contributed by atoms with van der Waals surface area (Å²) in [5.41, 5.74) is 1.50. The summed E-state index contributed by atoms with van der Waals surface area (Å²) in [6.07, 6.45) is 2.55. The summed E-state index contributed by atoms with van der Waals surface area (Å²) >= 11 is 0. The van der Waals surface area contributed by atoms with Crippen LogP contribution in [0.2, 0.25) is 0 Å². The average molecular weight is 203 g/mol. The summed E-state index contributed by atoms with van der Waals surface area (Å²) in [6.45, 7) is 0.921. The Labute approximate surface area is 90.8 Å². The second kappa shape index (κ2) is 3.62. The molecule has 15 heavy (non-hydrogen) atoms. The lowest BCUT2D eigenvalue weighted by atomic mass is 9.97. The molecule has 0 radical (unpaired) electrons. The van der Waals surface area contributed by atoms with Crippen LogP contribution in [0.15, 0.2) is 30.3 Å². The number of hydroxylamine groups is 2. The predicted molar refractivity (Wildman–Crippen MR) is 59.4 cm³/mol. The maximum Gasteiger partial charge on any atom is 0.0729 e. The second-order valence-electron chi connectivity index (χ2n) is 4.75. The third-order valence-electron chi connectivity index (χ3n) is 3.89. The molecule has 1 aliphatic heterocycles. The van der Waals surface area contributed by atoms with E-state index in [1.807, 2.05) is 0 Å². The van der Waals surface area contributed by atoms with Crippen molar-refractivity contribution in [1.29, 1.82) is 0 Å². The lowest BCUT2D eigenvalue weighted by Crippen LogP contribution is -2.24. The van der Waals surface area contributed by atoms with Gasteiger partial charge >= 0.3 is 0 Å². The van der Waals surface area contributed by atoms with Gasteiger partial charge in [-0.25, -0.2) is 0 Å². The highest BCUT2D eigenvalue weighted by atomic mass is 16.7. The molecule has 0 spiro atoms. The van der Waals surface area contributed by atoms with Crippen molar-refractivity contribution in [3.63, 3.8) is 0 Å². The van der Waals surface area contributed by atoms with Gasteiger partial charge in [0.2, 0.25) is 0 Å². The van der Waals surface area contributed by atoms with E-state index in [1.165, 1.54) is 18.4 Å². The van der Waals surface area contributed by atoms with Crippen LogP contribution in [0.25, 0.3) is 0 Å². The van der Waals surface area contributed by atoms with Crippen molar-refractivity contribution < 1.29 is 4.84 Å². The number of hydrogen-bond acceptors (Lipinski definition) is 2. The van der Waals surface area contributed by atoms with Crippen LogP contribution in [0.4, 0.5) is 0 Å². The van der Waals surface area contributed by atoms with Crippen molar-refractivity contribution in [2.75, 3.05) is 13.7 Å². The number of hydrogen-bond donors (Lipinski definition) is 0. The van der Waals surface area contributed by atoms with E-state index in [0.717, 1.165) is 18.4 Å². The van der Waals surface area contributed by atoms with Crippen LogP contribution < -0.4 is 0 Å². The highest BCUT2D eigenvalue weighted by Gasteiger charge is 2.42. The van der Waals surface area contributed by atoms with Crippen LogP contribution in [0, 0.1) is 5.92 Å². The molecule has 0 unspecified atom stereocenters. The van der Waals surface area contributed by atoms with Crippen LogP contribution in [0.3, 0.4) is 0 Å². The minimum atomic E-state index is 0.648. The third kappa shape index (κ3) is 1.58. The fourth-order valence-corrected chi connectivity index (χ4v) is 3.03. The van der Waals surface area contributed by atoms with Crippen molar-refractivity contribution in [1.82, 2.24) is 5.06 Å². The lowest BCUT2D eigenvalue weighted by Gasteiger charge is -2.17. The molecule has 2 nitrogen and oxygen atoms in total. The summed E-state index contributed by atoms with van der Waals surface area (Å²) in [5.74, 6) is 1.49. The molecule has 1 heterocycles. The standard InChI is InChI=1S/C13H17NO/c1-14-13-8-11(7-12(13)9-15-14)10-5-3-2-4-6-10/h2-6,11-13H,7-9H2,1H3/t11-,12+,13+/m0/s1. The highest BCUT2D eigenvalue weighted by Crippen LogP contribution is 2.43. The fourth-order valence-electron chi connectivity index (χ4n) is 3.03. The van der Waals surface area contributed by atoms with E-state index >= 15 is 0 Å². The molecule has 0 aromatic heterocycles. The molecule has 1 saturated carbocycles. The second-order valence-corrected chi connectivity index (χ2v) is 4.75. The first-order valence-electron chi connectivity index (χ1n) is 5.75. The van der Waals surface area contributed by atoms with Gasteiger partial charge in [-0.05, 0) is 24.3 Å². The maximum atomic E-state index is 5.54. The van der Waals surface area contributed by atoms with E-state index in [2.05, 4.69) is 42.4 Å². The smallest absolute Gasteiger partial charge is 0.0729 e. The van der Waals surface area contributed by atoms with Crippen LogP contribution in [0.5, 0.6) is 0 Å². The molecule has 1 aromatic rings. The van der Waals surface area contributed by atoms with Gasteiger partial charge in [0.1, 0.15) is 0 Å². The van der Waals surface area contributed by atoms with Gasteiger partial charge < -0.3 is 0 Å². The Hall–Kier alpha value is -0.860. The first-order chi connectivity index (χ1) is 7.34. The van der Waals surface area contributed by atoms with Crippen molar-refractivity contribution in [2.24, 2.45) is 5.92 Å². The summed E-state index contributed by atoms with van der Waals surface area (Å²) in [5, 5.41) is 2.06. The molecule has 0 amide bonds.